The van der Waals surface area contributed by atoms with Gasteiger partial charge in [0.15, 0.2) is 11.5 Å². The van der Waals surface area contributed by atoms with Gasteiger partial charge >= 0.3 is 11.8 Å². The molecule has 0 aliphatic carbocycles. The van der Waals surface area contributed by atoms with E-state index in [1.807, 2.05) is 18.2 Å². The number of benzene rings is 1. The number of hydrogen-bond donors (Lipinski definition) is 2. The lowest BCUT2D eigenvalue weighted by molar-refractivity contribution is -0.139. The Bertz CT molecular complexity index is 602. The van der Waals surface area contributed by atoms with Crippen LogP contribution in [0.2, 0.25) is 0 Å². The zero-order valence-corrected chi connectivity index (χ0v) is 15.4. The summed E-state index contributed by atoms with van der Waals surface area (Å²) in [5.41, 5.74) is 0.982. The molecule has 1 heterocycles. The van der Waals surface area contributed by atoms with E-state index < -0.39 is 11.8 Å². The Hall–Kier alpha value is -2.32. The molecule has 1 aromatic rings. The molecular formula is C18H27N3O5. The molecule has 1 aromatic carbocycles. The molecule has 1 fully saturated rings. The topological polar surface area (TPSA) is 89.1 Å². The monoisotopic (exact) mass is 365 g/mol. The second kappa shape index (κ2) is 10.6. The van der Waals surface area contributed by atoms with E-state index in [2.05, 4.69) is 15.5 Å². The number of amides is 2. The van der Waals surface area contributed by atoms with Crippen LogP contribution in [0.3, 0.4) is 0 Å². The Labute approximate surface area is 153 Å². The Kier molecular flexibility index (Phi) is 8.17. The molecule has 8 nitrogen and oxygen atoms in total. The molecule has 2 amide bonds. The normalized spacial score (nSPS) is 14.5. The van der Waals surface area contributed by atoms with Gasteiger partial charge in [0.25, 0.3) is 0 Å². The van der Waals surface area contributed by atoms with Gasteiger partial charge in [-0.2, -0.15) is 0 Å². The fraction of sp³-hybridized carbons (Fsp3) is 0.556. The third-order valence-corrected chi connectivity index (χ3v) is 4.17. The molecule has 144 valence electrons. The highest BCUT2D eigenvalue weighted by Crippen LogP contribution is 2.27. The predicted octanol–water partition coefficient (Wildman–Crippen LogP) is -0.189. The molecule has 26 heavy (non-hydrogen) atoms. The lowest BCUT2D eigenvalue weighted by Crippen LogP contribution is -2.45. The van der Waals surface area contributed by atoms with Gasteiger partial charge in [-0.25, -0.2) is 0 Å². The molecule has 0 unspecified atom stereocenters. The first-order chi connectivity index (χ1) is 12.6. The number of nitrogens with one attached hydrogen (secondary N) is 2. The van der Waals surface area contributed by atoms with Crippen molar-refractivity contribution < 1.29 is 23.8 Å². The lowest BCUT2D eigenvalue weighted by Gasteiger charge is -2.26. The van der Waals surface area contributed by atoms with E-state index in [1.165, 1.54) is 0 Å². The summed E-state index contributed by atoms with van der Waals surface area (Å²) in [5, 5.41) is 5.27. The lowest BCUT2D eigenvalue weighted by atomic mass is 10.1. The third-order valence-electron chi connectivity index (χ3n) is 4.17. The van der Waals surface area contributed by atoms with Gasteiger partial charge in [-0.1, -0.05) is 6.07 Å². The summed E-state index contributed by atoms with van der Waals surface area (Å²) in [6, 6.07) is 5.57. The standard InChI is InChI=1S/C18H27N3O5/c1-24-15-4-3-14(13-16(15)25-2)5-6-19-17(22)18(23)20-7-8-21-9-11-26-12-10-21/h3-4,13H,5-12H2,1-2H3,(H,19,22)(H,20,23). The molecule has 0 atom stereocenters. The van der Waals surface area contributed by atoms with Gasteiger partial charge in [0.05, 0.1) is 27.4 Å². The van der Waals surface area contributed by atoms with Gasteiger partial charge in [0.1, 0.15) is 0 Å². The molecule has 2 rings (SSSR count). The summed E-state index contributed by atoms with van der Waals surface area (Å²) in [7, 11) is 3.15. The third kappa shape index (κ3) is 6.20. The maximum absolute atomic E-state index is 11.8. The van der Waals surface area contributed by atoms with Crippen LogP contribution in [0.25, 0.3) is 0 Å². The second-order valence-electron chi connectivity index (χ2n) is 5.91. The van der Waals surface area contributed by atoms with Crippen molar-refractivity contribution in [3.05, 3.63) is 23.8 Å². The molecule has 0 spiro atoms. The maximum Gasteiger partial charge on any atom is 0.309 e. The Balaban J connectivity index is 1.66. The van der Waals surface area contributed by atoms with Crippen LogP contribution in [0.1, 0.15) is 5.56 Å². The number of carbonyl (C=O) groups excluding carboxylic acids is 2. The summed E-state index contributed by atoms with van der Waals surface area (Å²) >= 11 is 0. The minimum Gasteiger partial charge on any atom is -0.493 e. The number of morpholine rings is 1. The van der Waals surface area contributed by atoms with Crippen molar-refractivity contribution in [2.24, 2.45) is 0 Å². The van der Waals surface area contributed by atoms with E-state index in [1.54, 1.807) is 14.2 Å². The largest absolute Gasteiger partial charge is 0.493 e. The van der Waals surface area contributed by atoms with Crippen molar-refractivity contribution in [1.82, 2.24) is 15.5 Å². The average molecular weight is 365 g/mol. The molecule has 0 radical (unpaired) electrons. The molecule has 1 saturated heterocycles. The van der Waals surface area contributed by atoms with Gasteiger partial charge in [0, 0.05) is 32.7 Å². The second-order valence-corrected chi connectivity index (χ2v) is 5.91. The minimum atomic E-state index is -0.618. The zero-order valence-electron chi connectivity index (χ0n) is 15.4. The van der Waals surface area contributed by atoms with Crippen molar-refractivity contribution in [3.8, 4) is 11.5 Å². The van der Waals surface area contributed by atoms with E-state index >= 15 is 0 Å². The maximum atomic E-state index is 11.8. The SMILES string of the molecule is COc1ccc(CCNC(=O)C(=O)NCCN2CCOCC2)cc1OC. The van der Waals surface area contributed by atoms with Gasteiger partial charge in [-0.3, -0.25) is 14.5 Å². The van der Waals surface area contributed by atoms with Crippen LogP contribution in [-0.4, -0.2) is 76.9 Å². The molecule has 1 aliphatic heterocycles. The van der Waals surface area contributed by atoms with Crippen LogP contribution in [-0.2, 0) is 20.7 Å². The number of rotatable bonds is 8. The number of nitrogens with zero attached hydrogens (tertiary/aromatic N) is 1. The smallest absolute Gasteiger partial charge is 0.309 e. The van der Waals surface area contributed by atoms with Crippen LogP contribution in [0.15, 0.2) is 18.2 Å². The molecule has 8 heteroatoms. The van der Waals surface area contributed by atoms with Crippen LogP contribution < -0.4 is 20.1 Å². The highest BCUT2D eigenvalue weighted by Gasteiger charge is 2.14. The van der Waals surface area contributed by atoms with Crippen molar-refractivity contribution in [3.63, 3.8) is 0 Å². The summed E-state index contributed by atoms with van der Waals surface area (Å²) < 4.78 is 15.7. The average Bonchev–Trinajstić information content (AvgIpc) is 2.68. The first-order valence-electron chi connectivity index (χ1n) is 8.71. The quantitative estimate of drug-likeness (QED) is 0.621. The first-order valence-corrected chi connectivity index (χ1v) is 8.71. The van der Waals surface area contributed by atoms with Crippen LogP contribution >= 0.6 is 0 Å². The molecular weight excluding hydrogens is 338 g/mol. The fourth-order valence-electron chi connectivity index (χ4n) is 2.67. The highest BCUT2D eigenvalue weighted by molar-refractivity contribution is 6.35. The predicted molar refractivity (Wildman–Crippen MR) is 96.5 cm³/mol. The summed E-state index contributed by atoms with van der Waals surface area (Å²) in [5.74, 6) is 0.0649. The summed E-state index contributed by atoms with van der Waals surface area (Å²) in [4.78, 5) is 25.8. The van der Waals surface area contributed by atoms with Gasteiger partial charge in [0.2, 0.25) is 0 Å². The molecule has 0 bridgehead atoms. The van der Waals surface area contributed by atoms with Gasteiger partial charge in [-0.15, -0.1) is 0 Å². The van der Waals surface area contributed by atoms with E-state index in [0.29, 0.717) is 50.8 Å². The first kappa shape index (κ1) is 20.0. The van der Waals surface area contributed by atoms with E-state index in [-0.39, 0.29) is 0 Å². The molecule has 2 N–H and O–H groups in total. The summed E-state index contributed by atoms with van der Waals surface area (Å²) in [6.45, 7) is 4.66. The van der Waals surface area contributed by atoms with Crippen molar-refractivity contribution in [2.45, 2.75) is 6.42 Å². The Morgan fingerprint density at radius 1 is 1.04 bits per heavy atom. The summed E-state index contributed by atoms with van der Waals surface area (Å²) in [6.07, 6.45) is 0.590. The Morgan fingerprint density at radius 3 is 2.35 bits per heavy atom. The number of ether oxygens (including phenoxy) is 3. The number of methoxy groups -OCH3 is 2. The minimum absolute atomic E-state index is 0.366. The Morgan fingerprint density at radius 2 is 1.69 bits per heavy atom. The van der Waals surface area contributed by atoms with Gasteiger partial charge < -0.3 is 24.8 Å². The van der Waals surface area contributed by atoms with Crippen molar-refractivity contribution >= 4 is 11.8 Å². The van der Waals surface area contributed by atoms with Crippen molar-refractivity contribution in [1.29, 1.82) is 0 Å². The van der Waals surface area contributed by atoms with Crippen molar-refractivity contribution in [2.75, 3.05) is 60.2 Å². The van der Waals surface area contributed by atoms with E-state index in [4.69, 9.17) is 14.2 Å². The molecule has 1 aliphatic rings. The van der Waals surface area contributed by atoms with Gasteiger partial charge in [-0.05, 0) is 24.1 Å². The van der Waals surface area contributed by atoms with Crippen LogP contribution in [0.5, 0.6) is 11.5 Å². The number of carbonyl (C=O) groups is 2. The van der Waals surface area contributed by atoms with E-state index in [0.717, 1.165) is 18.7 Å². The molecule has 0 saturated carbocycles. The number of hydrogen-bond acceptors (Lipinski definition) is 6. The highest BCUT2D eigenvalue weighted by atomic mass is 16.5. The van der Waals surface area contributed by atoms with Crippen LogP contribution in [0, 0.1) is 0 Å². The fourth-order valence-corrected chi connectivity index (χ4v) is 2.67. The van der Waals surface area contributed by atoms with Crippen LogP contribution in [0.4, 0.5) is 0 Å². The molecule has 0 aromatic heterocycles. The zero-order chi connectivity index (χ0) is 18.8. The van der Waals surface area contributed by atoms with E-state index in [9.17, 15) is 9.59 Å².